The lowest BCUT2D eigenvalue weighted by Gasteiger charge is -2.17. The summed E-state index contributed by atoms with van der Waals surface area (Å²) in [7, 11) is 0. The predicted octanol–water partition coefficient (Wildman–Crippen LogP) is 5.37. The van der Waals surface area contributed by atoms with E-state index in [1.165, 1.54) is 11.8 Å². The van der Waals surface area contributed by atoms with Crippen molar-refractivity contribution in [3.63, 3.8) is 0 Å². The van der Waals surface area contributed by atoms with E-state index < -0.39 is 0 Å². The molecule has 0 aliphatic carbocycles. The number of amides is 1. The number of carbonyl (C=O) groups is 1. The van der Waals surface area contributed by atoms with Crippen LogP contribution < -0.4 is 5.32 Å². The number of carbonyl (C=O) groups excluding carboxylic acids is 1. The van der Waals surface area contributed by atoms with E-state index in [2.05, 4.69) is 20.5 Å². The first-order valence-electron chi connectivity index (χ1n) is 10.4. The first-order valence-corrected chi connectivity index (χ1v) is 11.3. The van der Waals surface area contributed by atoms with Gasteiger partial charge in [-0.05, 0) is 62.6 Å². The van der Waals surface area contributed by atoms with Crippen LogP contribution in [0.1, 0.15) is 23.6 Å². The van der Waals surface area contributed by atoms with Crippen LogP contribution >= 0.6 is 11.8 Å². The number of hydrogen-bond donors (Lipinski definition) is 1. The minimum atomic E-state index is -0.372. The van der Waals surface area contributed by atoms with Crippen molar-refractivity contribution < 1.29 is 4.79 Å². The zero-order valence-corrected chi connectivity index (χ0v) is 19.4. The number of thioether (sulfide) groups is 1. The van der Waals surface area contributed by atoms with Gasteiger partial charge in [0.2, 0.25) is 5.91 Å². The predicted molar refractivity (Wildman–Crippen MR) is 129 cm³/mol. The monoisotopic (exact) mass is 443 g/mol. The van der Waals surface area contributed by atoms with Crippen molar-refractivity contribution in [2.75, 3.05) is 5.32 Å². The molecule has 0 saturated heterocycles. The summed E-state index contributed by atoms with van der Waals surface area (Å²) in [5.41, 5.74) is 5.87. The van der Waals surface area contributed by atoms with Crippen LogP contribution in [0.15, 0.2) is 72.1 Å². The molecular weight excluding hydrogens is 418 g/mol. The molecule has 1 amide bonds. The summed E-state index contributed by atoms with van der Waals surface area (Å²) in [5.74, 6) is 0.618. The minimum absolute atomic E-state index is 0.0744. The number of hydrogen-bond acceptors (Lipinski definition) is 5. The second-order valence-electron chi connectivity index (χ2n) is 7.69. The van der Waals surface area contributed by atoms with E-state index in [1.807, 2.05) is 86.9 Å². The van der Waals surface area contributed by atoms with Gasteiger partial charge in [0.1, 0.15) is 0 Å². The Bertz CT molecular complexity index is 1230. The van der Waals surface area contributed by atoms with Crippen LogP contribution in [0.5, 0.6) is 0 Å². The van der Waals surface area contributed by atoms with E-state index in [0.29, 0.717) is 11.0 Å². The average Bonchev–Trinajstić information content (AvgIpc) is 3.20. The molecule has 0 aliphatic heterocycles. The lowest BCUT2D eigenvalue weighted by molar-refractivity contribution is -0.115. The van der Waals surface area contributed by atoms with Gasteiger partial charge in [-0.1, -0.05) is 48.2 Å². The largest absolute Gasteiger partial charge is 0.325 e. The summed E-state index contributed by atoms with van der Waals surface area (Å²) in [6.07, 6.45) is 3.50. The molecule has 162 valence electrons. The van der Waals surface area contributed by atoms with Crippen molar-refractivity contribution in [2.45, 2.75) is 38.1 Å². The van der Waals surface area contributed by atoms with Crippen LogP contribution in [0.25, 0.3) is 17.1 Å². The fourth-order valence-corrected chi connectivity index (χ4v) is 4.37. The van der Waals surface area contributed by atoms with Crippen molar-refractivity contribution in [2.24, 2.45) is 0 Å². The molecule has 0 radical (unpaired) electrons. The van der Waals surface area contributed by atoms with Gasteiger partial charge in [-0.25, -0.2) is 0 Å². The molecule has 2 heterocycles. The standard InChI is InChI=1S/C25H25N5OS/c1-16-9-5-6-13-21(16)30-23(20-12-8-14-26-15-20)28-29-25(30)32-19(4)24(31)27-22-17(2)10-7-11-18(22)3/h5-15,19H,1-4H3,(H,27,31)/t19-/m0/s1. The highest BCUT2D eigenvalue weighted by Crippen LogP contribution is 2.31. The zero-order chi connectivity index (χ0) is 22.7. The molecule has 4 rings (SSSR count). The van der Waals surface area contributed by atoms with Crippen LogP contribution in [0, 0.1) is 20.8 Å². The first kappa shape index (κ1) is 21.8. The van der Waals surface area contributed by atoms with Gasteiger partial charge in [0.15, 0.2) is 11.0 Å². The summed E-state index contributed by atoms with van der Waals surface area (Å²) < 4.78 is 2.00. The van der Waals surface area contributed by atoms with Crippen LogP contribution in [0.2, 0.25) is 0 Å². The molecule has 4 aromatic rings. The van der Waals surface area contributed by atoms with E-state index in [-0.39, 0.29) is 11.2 Å². The number of aromatic nitrogens is 4. The maximum Gasteiger partial charge on any atom is 0.237 e. The number of anilines is 1. The van der Waals surface area contributed by atoms with Gasteiger partial charge in [-0.15, -0.1) is 10.2 Å². The number of nitrogens with one attached hydrogen (secondary N) is 1. The molecule has 0 unspecified atom stereocenters. The van der Waals surface area contributed by atoms with Crippen molar-refractivity contribution >= 4 is 23.4 Å². The number of rotatable bonds is 6. The zero-order valence-electron chi connectivity index (χ0n) is 18.5. The van der Waals surface area contributed by atoms with Crippen LogP contribution in [0.3, 0.4) is 0 Å². The topological polar surface area (TPSA) is 72.7 Å². The third-order valence-corrected chi connectivity index (χ3v) is 6.33. The van der Waals surface area contributed by atoms with E-state index >= 15 is 0 Å². The lowest BCUT2D eigenvalue weighted by atomic mass is 10.1. The van der Waals surface area contributed by atoms with Crippen molar-refractivity contribution in [1.29, 1.82) is 0 Å². The van der Waals surface area contributed by atoms with Crippen LogP contribution in [0.4, 0.5) is 5.69 Å². The maximum absolute atomic E-state index is 13.0. The highest BCUT2D eigenvalue weighted by molar-refractivity contribution is 8.00. The second kappa shape index (κ2) is 9.36. The van der Waals surface area contributed by atoms with Crippen LogP contribution in [-0.2, 0) is 4.79 Å². The van der Waals surface area contributed by atoms with E-state index in [1.54, 1.807) is 12.4 Å². The Balaban J connectivity index is 1.67. The van der Waals surface area contributed by atoms with Crippen LogP contribution in [-0.4, -0.2) is 30.9 Å². The maximum atomic E-state index is 13.0. The molecule has 2 aromatic heterocycles. The summed E-state index contributed by atoms with van der Waals surface area (Å²) in [4.78, 5) is 17.2. The number of benzene rings is 2. The number of aryl methyl sites for hydroxylation is 3. The molecule has 6 nitrogen and oxygen atoms in total. The SMILES string of the molecule is Cc1ccccc1-n1c(S[C@@H](C)C(=O)Nc2c(C)cccc2C)nnc1-c1cccnc1. The molecule has 0 fully saturated rings. The van der Waals surface area contributed by atoms with Gasteiger partial charge in [0.25, 0.3) is 0 Å². The Morgan fingerprint density at radius 1 is 0.938 bits per heavy atom. The van der Waals surface area contributed by atoms with Gasteiger partial charge in [0.05, 0.1) is 10.9 Å². The normalized spacial score (nSPS) is 11.9. The summed E-state index contributed by atoms with van der Waals surface area (Å²) in [6.45, 7) is 7.92. The molecule has 0 saturated carbocycles. The van der Waals surface area contributed by atoms with E-state index in [9.17, 15) is 4.79 Å². The van der Waals surface area contributed by atoms with Crippen molar-refractivity contribution in [3.8, 4) is 17.1 Å². The van der Waals surface area contributed by atoms with E-state index in [4.69, 9.17) is 0 Å². The molecule has 0 aliphatic rings. The van der Waals surface area contributed by atoms with E-state index in [0.717, 1.165) is 33.6 Å². The fourth-order valence-electron chi connectivity index (χ4n) is 3.51. The Labute approximate surface area is 192 Å². The molecule has 0 bridgehead atoms. The summed E-state index contributed by atoms with van der Waals surface area (Å²) >= 11 is 1.39. The molecule has 1 atom stereocenters. The number of nitrogens with zero attached hydrogens (tertiary/aromatic N) is 4. The molecular formula is C25H25N5OS. The Hall–Kier alpha value is -3.45. The second-order valence-corrected chi connectivity index (χ2v) is 8.99. The molecule has 0 spiro atoms. The first-order chi connectivity index (χ1) is 15.5. The van der Waals surface area contributed by atoms with Gasteiger partial charge in [-0.3, -0.25) is 14.3 Å². The average molecular weight is 444 g/mol. The smallest absolute Gasteiger partial charge is 0.237 e. The number of para-hydroxylation sites is 2. The number of pyridine rings is 1. The quantitative estimate of drug-likeness (QED) is 0.405. The molecule has 7 heteroatoms. The molecule has 2 aromatic carbocycles. The highest BCUT2D eigenvalue weighted by Gasteiger charge is 2.23. The van der Waals surface area contributed by atoms with Gasteiger partial charge < -0.3 is 5.32 Å². The van der Waals surface area contributed by atoms with Gasteiger partial charge in [0, 0.05) is 23.6 Å². The van der Waals surface area contributed by atoms with Gasteiger partial charge >= 0.3 is 0 Å². The van der Waals surface area contributed by atoms with Gasteiger partial charge in [-0.2, -0.15) is 0 Å². The third-order valence-electron chi connectivity index (χ3n) is 5.29. The molecule has 32 heavy (non-hydrogen) atoms. The Morgan fingerprint density at radius 2 is 1.66 bits per heavy atom. The van der Waals surface area contributed by atoms with Crippen molar-refractivity contribution in [1.82, 2.24) is 19.7 Å². The lowest BCUT2D eigenvalue weighted by Crippen LogP contribution is -2.23. The Morgan fingerprint density at radius 3 is 2.34 bits per heavy atom. The molecule has 1 N–H and O–H groups in total. The summed E-state index contributed by atoms with van der Waals surface area (Å²) in [6, 6.07) is 17.9. The third kappa shape index (κ3) is 4.43. The Kier molecular flexibility index (Phi) is 6.37. The fraction of sp³-hybridized carbons (Fsp3) is 0.200. The summed E-state index contributed by atoms with van der Waals surface area (Å²) in [5, 5.41) is 12.3. The minimum Gasteiger partial charge on any atom is -0.325 e. The highest BCUT2D eigenvalue weighted by atomic mass is 32.2. The van der Waals surface area contributed by atoms with Crippen molar-refractivity contribution in [3.05, 3.63) is 83.7 Å².